The van der Waals surface area contributed by atoms with Gasteiger partial charge in [0.15, 0.2) is 11.6 Å². The number of rotatable bonds is 4. The van der Waals surface area contributed by atoms with Gasteiger partial charge in [-0.3, -0.25) is 9.59 Å². The first kappa shape index (κ1) is 22.4. The van der Waals surface area contributed by atoms with E-state index < -0.39 is 0 Å². The van der Waals surface area contributed by atoms with Crippen molar-refractivity contribution < 1.29 is 36.9 Å². The second-order valence-electron chi connectivity index (χ2n) is 5.03. The fourth-order valence-corrected chi connectivity index (χ4v) is 1.75. The fourth-order valence-electron chi connectivity index (χ4n) is 1.75. The summed E-state index contributed by atoms with van der Waals surface area (Å²) in [5, 5.41) is 17.6. The third kappa shape index (κ3) is 9.30. The first-order chi connectivity index (χ1) is 11.4. The van der Waals surface area contributed by atoms with Crippen LogP contribution >= 0.6 is 0 Å². The van der Waals surface area contributed by atoms with Crippen LogP contribution in [0.2, 0.25) is 0 Å². The van der Waals surface area contributed by atoms with Crippen molar-refractivity contribution >= 4 is 11.6 Å². The molecule has 2 aromatic rings. The molecular weight excluding hydrogens is 368 g/mol. The van der Waals surface area contributed by atoms with Crippen LogP contribution in [-0.4, -0.2) is 21.8 Å². The average Bonchev–Trinajstić information content (AvgIpc) is 2.56. The van der Waals surface area contributed by atoms with Crippen LogP contribution in [0, 0.1) is 0 Å². The van der Waals surface area contributed by atoms with Gasteiger partial charge >= 0.3 is 0 Å². The normalized spacial score (nSPS) is 10.8. The summed E-state index contributed by atoms with van der Waals surface area (Å²) in [5.74, 6) is -0.279. The molecule has 0 spiro atoms. The van der Waals surface area contributed by atoms with Crippen molar-refractivity contribution in [2.75, 3.05) is 0 Å². The zero-order valence-electron chi connectivity index (χ0n) is 13.9. The molecule has 0 saturated heterocycles. The topological polar surface area (TPSA) is 74.6 Å². The summed E-state index contributed by atoms with van der Waals surface area (Å²) in [5.41, 5.74) is 1.18. The molecule has 0 bridgehead atoms. The van der Waals surface area contributed by atoms with E-state index in [0.29, 0.717) is 11.1 Å². The third-order valence-corrected chi connectivity index (χ3v) is 2.80. The van der Waals surface area contributed by atoms with Crippen LogP contribution in [0.5, 0.6) is 0 Å². The maximum absolute atomic E-state index is 11.2. The summed E-state index contributed by atoms with van der Waals surface area (Å²) in [7, 11) is 0. The van der Waals surface area contributed by atoms with E-state index in [9.17, 15) is 9.59 Å². The van der Waals surface area contributed by atoms with Crippen molar-refractivity contribution in [2.24, 2.45) is 0 Å². The molecule has 2 aromatic carbocycles. The van der Waals surface area contributed by atoms with Crippen molar-refractivity contribution in [1.29, 1.82) is 0 Å². The van der Waals surface area contributed by atoms with Crippen molar-refractivity contribution in [3.8, 4) is 0 Å². The Bertz CT molecular complexity index is 661. The molecular formula is C20H20CuO4. The zero-order valence-corrected chi connectivity index (χ0v) is 14.9. The van der Waals surface area contributed by atoms with Crippen molar-refractivity contribution in [3.05, 3.63) is 95.5 Å². The number of ketones is 2. The molecule has 0 aliphatic rings. The summed E-state index contributed by atoms with van der Waals surface area (Å²) in [6, 6.07) is 17.7. The summed E-state index contributed by atoms with van der Waals surface area (Å²) in [6.45, 7) is 2.95. The molecule has 0 saturated carbocycles. The van der Waals surface area contributed by atoms with Gasteiger partial charge in [0.1, 0.15) is 0 Å². The van der Waals surface area contributed by atoms with Gasteiger partial charge in [0.25, 0.3) is 0 Å². The Hall–Kier alpha value is -2.62. The van der Waals surface area contributed by atoms with Gasteiger partial charge in [-0.2, -0.15) is 0 Å². The monoisotopic (exact) mass is 387 g/mol. The maximum atomic E-state index is 11.2. The molecule has 0 heterocycles. The third-order valence-electron chi connectivity index (χ3n) is 2.80. The van der Waals surface area contributed by atoms with E-state index in [1.165, 1.54) is 26.0 Å². The predicted molar refractivity (Wildman–Crippen MR) is 94.3 cm³/mol. The van der Waals surface area contributed by atoms with Gasteiger partial charge in [-0.05, 0) is 13.8 Å². The van der Waals surface area contributed by atoms with Crippen LogP contribution in [0.4, 0.5) is 0 Å². The van der Waals surface area contributed by atoms with Gasteiger partial charge in [0.05, 0.1) is 11.5 Å². The molecule has 0 fully saturated rings. The van der Waals surface area contributed by atoms with Gasteiger partial charge in [0, 0.05) is 40.3 Å². The summed E-state index contributed by atoms with van der Waals surface area (Å²) >= 11 is 0. The Morgan fingerprint density at radius 2 is 0.960 bits per heavy atom. The molecule has 4 nitrogen and oxygen atoms in total. The van der Waals surface area contributed by atoms with E-state index in [-0.39, 0.29) is 40.2 Å². The minimum Gasteiger partial charge on any atom is -0.512 e. The Morgan fingerprint density at radius 1 is 0.680 bits per heavy atom. The molecule has 0 aromatic heterocycles. The van der Waals surface area contributed by atoms with Crippen LogP contribution < -0.4 is 0 Å². The Balaban J connectivity index is 0.000000443. The number of hydrogen-bond acceptors (Lipinski definition) is 4. The van der Waals surface area contributed by atoms with Crippen molar-refractivity contribution in [2.45, 2.75) is 13.8 Å². The fraction of sp³-hybridized carbons (Fsp3) is 0.100. The number of allylic oxidation sites excluding steroid dienone is 4. The molecule has 1 radical (unpaired) electrons. The van der Waals surface area contributed by atoms with Crippen molar-refractivity contribution in [1.82, 2.24) is 0 Å². The standard InChI is InChI=1S/2C10H10O2.Cu/c2*1-8(11)7-10(12)9-5-3-2-4-6-9;/h2*2-7,11H,1H3;/b2*8-7-;. The average molecular weight is 388 g/mol. The molecule has 0 atom stereocenters. The number of aliphatic hydroxyl groups excluding tert-OH is 2. The summed E-state index contributed by atoms with van der Waals surface area (Å²) in [6.07, 6.45) is 2.41. The van der Waals surface area contributed by atoms with Gasteiger partial charge in [-0.15, -0.1) is 0 Å². The minimum atomic E-state index is -0.171. The van der Waals surface area contributed by atoms with Crippen LogP contribution in [-0.2, 0) is 17.1 Å². The molecule has 5 heteroatoms. The largest absolute Gasteiger partial charge is 0.512 e. The second-order valence-corrected chi connectivity index (χ2v) is 5.03. The van der Waals surface area contributed by atoms with Gasteiger partial charge in [-0.1, -0.05) is 60.7 Å². The SMILES string of the molecule is C/C(O)=C/C(=O)c1ccccc1.C/C(O)=C/C(=O)c1ccccc1.[Cu]. The molecule has 2 rings (SSSR count). The van der Waals surface area contributed by atoms with E-state index in [4.69, 9.17) is 10.2 Å². The maximum Gasteiger partial charge on any atom is 0.189 e. The Morgan fingerprint density at radius 3 is 1.20 bits per heavy atom. The van der Waals surface area contributed by atoms with Crippen LogP contribution in [0.3, 0.4) is 0 Å². The molecule has 0 aliphatic carbocycles. The van der Waals surface area contributed by atoms with E-state index in [1.54, 1.807) is 48.5 Å². The zero-order chi connectivity index (χ0) is 17.9. The van der Waals surface area contributed by atoms with E-state index in [2.05, 4.69) is 0 Å². The Labute approximate surface area is 158 Å². The summed E-state index contributed by atoms with van der Waals surface area (Å²) in [4.78, 5) is 22.4. The second kappa shape index (κ2) is 11.8. The molecule has 25 heavy (non-hydrogen) atoms. The number of hydrogen-bond donors (Lipinski definition) is 2. The first-order valence-electron chi connectivity index (χ1n) is 7.33. The van der Waals surface area contributed by atoms with Gasteiger partial charge in [0.2, 0.25) is 0 Å². The van der Waals surface area contributed by atoms with Crippen LogP contribution in [0.15, 0.2) is 84.3 Å². The number of aliphatic hydroxyl groups is 2. The number of carbonyl (C=O) groups excluding carboxylic acids is 2. The molecule has 0 unspecified atom stereocenters. The minimum absolute atomic E-state index is 0. The van der Waals surface area contributed by atoms with E-state index >= 15 is 0 Å². The number of benzene rings is 2. The van der Waals surface area contributed by atoms with Gasteiger partial charge < -0.3 is 10.2 Å². The van der Waals surface area contributed by atoms with Crippen LogP contribution in [0.25, 0.3) is 0 Å². The quantitative estimate of drug-likeness (QED) is 0.346. The molecule has 0 aliphatic heterocycles. The number of carbonyl (C=O) groups is 2. The van der Waals surface area contributed by atoms with E-state index in [0.717, 1.165) is 0 Å². The van der Waals surface area contributed by atoms with E-state index in [1.807, 2.05) is 12.1 Å². The summed E-state index contributed by atoms with van der Waals surface area (Å²) < 4.78 is 0. The predicted octanol–water partition coefficient (Wildman–Crippen LogP) is 4.66. The molecule has 135 valence electrons. The van der Waals surface area contributed by atoms with Crippen molar-refractivity contribution in [3.63, 3.8) is 0 Å². The molecule has 2 N–H and O–H groups in total. The first-order valence-corrected chi connectivity index (χ1v) is 7.33. The molecule has 0 amide bonds. The Kier molecular flexibility index (Phi) is 10.6. The van der Waals surface area contributed by atoms with Crippen LogP contribution in [0.1, 0.15) is 34.6 Å². The smallest absolute Gasteiger partial charge is 0.189 e. The van der Waals surface area contributed by atoms with Gasteiger partial charge in [-0.25, -0.2) is 0 Å².